The van der Waals surface area contributed by atoms with Crippen molar-refractivity contribution in [2.24, 2.45) is 5.92 Å². The number of hydrogen-bond donors (Lipinski definition) is 2. The summed E-state index contributed by atoms with van der Waals surface area (Å²) < 4.78 is 0. The monoisotopic (exact) mass is 257 g/mol. The first-order valence-electron chi connectivity index (χ1n) is 6.79. The molecule has 0 unspecified atom stereocenters. The molecule has 2 rings (SSSR count). The summed E-state index contributed by atoms with van der Waals surface area (Å²) in [5.74, 6) is 3.26. The Morgan fingerprint density at radius 3 is 2.41 bits per heavy atom. The lowest BCUT2D eigenvalue weighted by Crippen LogP contribution is -2.39. The fourth-order valence-electron chi connectivity index (χ4n) is 2.72. The van der Waals surface area contributed by atoms with Gasteiger partial charge in [-0.25, -0.2) is 0 Å². The number of hydrogen-bond acceptors (Lipinski definition) is 3. The van der Waals surface area contributed by atoms with E-state index in [1.165, 1.54) is 24.3 Å². The maximum Gasteiger partial charge on any atom is 0.220 e. The Kier molecular flexibility index (Phi) is 5.16. The highest BCUT2D eigenvalue weighted by atomic mass is 32.2. The van der Waals surface area contributed by atoms with Crippen molar-refractivity contribution in [1.82, 2.24) is 5.32 Å². The van der Waals surface area contributed by atoms with E-state index in [1.807, 2.05) is 11.8 Å². The number of carbonyl (C=O) groups excluding carboxylic acids is 1. The third kappa shape index (κ3) is 4.51. The largest absolute Gasteiger partial charge is 0.393 e. The van der Waals surface area contributed by atoms with Crippen molar-refractivity contribution in [1.29, 1.82) is 0 Å². The number of rotatable bonds is 3. The van der Waals surface area contributed by atoms with Gasteiger partial charge in [0.25, 0.3) is 0 Å². The van der Waals surface area contributed by atoms with Crippen LogP contribution < -0.4 is 5.32 Å². The topological polar surface area (TPSA) is 49.3 Å². The third-order valence-corrected chi connectivity index (χ3v) is 4.93. The third-order valence-electron chi connectivity index (χ3n) is 3.88. The zero-order valence-corrected chi connectivity index (χ0v) is 11.2. The second-order valence-electron chi connectivity index (χ2n) is 5.33. The molecule has 2 N–H and O–H groups in total. The predicted molar refractivity (Wildman–Crippen MR) is 71.1 cm³/mol. The first kappa shape index (κ1) is 13.2. The van der Waals surface area contributed by atoms with Crippen LogP contribution >= 0.6 is 11.8 Å². The minimum Gasteiger partial charge on any atom is -0.393 e. The lowest BCUT2D eigenvalue weighted by atomic mass is 9.92. The van der Waals surface area contributed by atoms with Crippen LogP contribution in [0.25, 0.3) is 0 Å². The summed E-state index contributed by atoms with van der Waals surface area (Å²) in [4.78, 5) is 11.9. The molecule has 0 aromatic rings. The van der Waals surface area contributed by atoms with E-state index >= 15 is 0 Å². The highest BCUT2D eigenvalue weighted by molar-refractivity contribution is 7.99. The Labute approximate surface area is 108 Å². The van der Waals surface area contributed by atoms with Gasteiger partial charge < -0.3 is 10.4 Å². The minimum atomic E-state index is -0.140. The highest BCUT2D eigenvalue weighted by Crippen LogP contribution is 2.25. The normalized spacial score (nSPS) is 31.1. The van der Waals surface area contributed by atoms with E-state index in [-0.39, 0.29) is 12.0 Å². The fraction of sp³-hybridized carbons (Fsp3) is 0.923. The summed E-state index contributed by atoms with van der Waals surface area (Å²) in [6.07, 6.45) is 6.51. The molecule has 1 saturated carbocycles. The Balaban J connectivity index is 1.66. The first-order chi connectivity index (χ1) is 8.24. The molecule has 1 saturated heterocycles. The standard InChI is InChI=1S/C13H23NO2S/c15-12-3-1-11(2-4-12)14-13(16)9-10-5-7-17-8-6-10/h10-12,15H,1-9H2,(H,14,16). The van der Waals surface area contributed by atoms with Crippen LogP contribution in [0.15, 0.2) is 0 Å². The van der Waals surface area contributed by atoms with Gasteiger partial charge in [0.05, 0.1) is 6.10 Å². The Hall–Kier alpha value is -0.220. The molecule has 17 heavy (non-hydrogen) atoms. The zero-order valence-electron chi connectivity index (χ0n) is 10.4. The van der Waals surface area contributed by atoms with Crippen LogP contribution in [0.2, 0.25) is 0 Å². The van der Waals surface area contributed by atoms with Gasteiger partial charge in [0.15, 0.2) is 0 Å². The molecule has 4 heteroatoms. The molecule has 0 aromatic carbocycles. The number of nitrogens with one attached hydrogen (secondary N) is 1. The molecular formula is C13H23NO2S. The molecule has 98 valence electrons. The van der Waals surface area contributed by atoms with Gasteiger partial charge >= 0.3 is 0 Å². The quantitative estimate of drug-likeness (QED) is 0.812. The van der Waals surface area contributed by atoms with Crippen molar-refractivity contribution >= 4 is 17.7 Å². The van der Waals surface area contributed by atoms with Crippen molar-refractivity contribution in [3.8, 4) is 0 Å². The molecule has 1 aliphatic heterocycles. The van der Waals surface area contributed by atoms with Crippen molar-refractivity contribution in [2.45, 2.75) is 57.1 Å². The molecular weight excluding hydrogens is 234 g/mol. The number of aliphatic hydroxyl groups excluding tert-OH is 1. The van der Waals surface area contributed by atoms with Crippen LogP contribution in [0.3, 0.4) is 0 Å². The SMILES string of the molecule is O=C(CC1CCSCC1)NC1CCC(O)CC1. The average Bonchev–Trinajstić information content (AvgIpc) is 2.33. The molecule has 2 fully saturated rings. The molecule has 0 atom stereocenters. The minimum absolute atomic E-state index is 0.140. The summed E-state index contributed by atoms with van der Waals surface area (Å²) in [7, 11) is 0. The Bertz CT molecular complexity index is 246. The van der Waals surface area contributed by atoms with E-state index in [0.29, 0.717) is 18.4 Å². The van der Waals surface area contributed by atoms with Crippen LogP contribution in [0.1, 0.15) is 44.9 Å². The number of amides is 1. The van der Waals surface area contributed by atoms with Gasteiger partial charge in [0.1, 0.15) is 0 Å². The molecule has 0 radical (unpaired) electrons. The van der Waals surface area contributed by atoms with Gasteiger partial charge in [-0.2, -0.15) is 11.8 Å². The van der Waals surface area contributed by atoms with Gasteiger partial charge in [-0.05, 0) is 55.9 Å². The highest BCUT2D eigenvalue weighted by Gasteiger charge is 2.22. The van der Waals surface area contributed by atoms with Crippen LogP contribution in [-0.4, -0.2) is 34.7 Å². The predicted octanol–water partition coefficient (Wildman–Crippen LogP) is 1.94. The average molecular weight is 257 g/mol. The summed E-state index contributed by atoms with van der Waals surface area (Å²) in [6.45, 7) is 0. The summed E-state index contributed by atoms with van der Waals surface area (Å²) in [5.41, 5.74) is 0. The second-order valence-corrected chi connectivity index (χ2v) is 6.56. The Morgan fingerprint density at radius 2 is 1.76 bits per heavy atom. The summed E-state index contributed by atoms with van der Waals surface area (Å²) in [6, 6.07) is 0.309. The second kappa shape index (κ2) is 6.64. The number of thioether (sulfide) groups is 1. The van der Waals surface area contributed by atoms with Crippen LogP contribution in [0, 0.1) is 5.92 Å². The van der Waals surface area contributed by atoms with Crippen molar-refractivity contribution in [3.05, 3.63) is 0 Å². The zero-order chi connectivity index (χ0) is 12.1. The van der Waals surface area contributed by atoms with Gasteiger partial charge in [-0.1, -0.05) is 0 Å². The molecule has 1 heterocycles. The maximum absolute atomic E-state index is 11.9. The summed E-state index contributed by atoms with van der Waals surface area (Å²) in [5, 5.41) is 12.5. The molecule has 0 aromatic heterocycles. The van der Waals surface area contributed by atoms with Gasteiger partial charge in [0, 0.05) is 12.5 Å². The van der Waals surface area contributed by atoms with E-state index in [9.17, 15) is 9.90 Å². The lowest BCUT2D eigenvalue weighted by molar-refractivity contribution is -0.123. The molecule has 0 spiro atoms. The molecule has 1 amide bonds. The van der Waals surface area contributed by atoms with E-state index in [4.69, 9.17) is 0 Å². The van der Waals surface area contributed by atoms with Crippen molar-refractivity contribution in [2.75, 3.05) is 11.5 Å². The number of aliphatic hydroxyl groups is 1. The van der Waals surface area contributed by atoms with Crippen molar-refractivity contribution < 1.29 is 9.90 Å². The molecule has 1 aliphatic carbocycles. The van der Waals surface area contributed by atoms with E-state index in [0.717, 1.165) is 25.7 Å². The molecule has 2 aliphatic rings. The van der Waals surface area contributed by atoms with Crippen LogP contribution in [-0.2, 0) is 4.79 Å². The van der Waals surface area contributed by atoms with E-state index < -0.39 is 0 Å². The van der Waals surface area contributed by atoms with Gasteiger partial charge in [0.2, 0.25) is 5.91 Å². The van der Waals surface area contributed by atoms with Gasteiger partial charge in [-0.3, -0.25) is 4.79 Å². The van der Waals surface area contributed by atoms with Gasteiger partial charge in [-0.15, -0.1) is 0 Å². The summed E-state index contributed by atoms with van der Waals surface area (Å²) >= 11 is 2.00. The lowest BCUT2D eigenvalue weighted by Gasteiger charge is -2.27. The van der Waals surface area contributed by atoms with E-state index in [2.05, 4.69) is 5.32 Å². The smallest absolute Gasteiger partial charge is 0.220 e. The number of carbonyl (C=O) groups is 1. The first-order valence-corrected chi connectivity index (χ1v) is 7.94. The molecule has 0 bridgehead atoms. The van der Waals surface area contributed by atoms with Crippen LogP contribution in [0.5, 0.6) is 0 Å². The molecule has 3 nitrogen and oxygen atoms in total. The Morgan fingerprint density at radius 1 is 1.12 bits per heavy atom. The fourth-order valence-corrected chi connectivity index (χ4v) is 3.92. The van der Waals surface area contributed by atoms with E-state index in [1.54, 1.807) is 0 Å². The van der Waals surface area contributed by atoms with Crippen LogP contribution in [0.4, 0.5) is 0 Å². The maximum atomic E-state index is 11.9. The van der Waals surface area contributed by atoms with Crippen molar-refractivity contribution in [3.63, 3.8) is 0 Å².